The Hall–Kier alpha value is -2.79. The first-order valence-corrected chi connectivity index (χ1v) is 9.07. The molecule has 0 bridgehead atoms. The van der Waals surface area contributed by atoms with E-state index in [0.717, 1.165) is 52.1 Å². The summed E-state index contributed by atoms with van der Waals surface area (Å²) in [6.45, 7) is 5.37. The van der Waals surface area contributed by atoms with Gasteiger partial charge in [-0.05, 0) is 61.7 Å². The number of hydrogen-bond donors (Lipinski definition) is 2. The quantitative estimate of drug-likeness (QED) is 0.628. The molecule has 0 aliphatic carbocycles. The number of methoxy groups -OCH3 is 2. The summed E-state index contributed by atoms with van der Waals surface area (Å²) in [4.78, 5) is 15.4. The highest BCUT2D eigenvalue weighted by molar-refractivity contribution is 5.85. The van der Waals surface area contributed by atoms with Crippen LogP contribution in [0.3, 0.4) is 0 Å². The van der Waals surface area contributed by atoms with Crippen LogP contribution in [0.1, 0.15) is 22.3 Å². The van der Waals surface area contributed by atoms with Gasteiger partial charge in [0.05, 0.1) is 19.7 Å². The molecule has 0 fully saturated rings. The lowest BCUT2D eigenvalue weighted by molar-refractivity contribution is 0.354. The van der Waals surface area contributed by atoms with Gasteiger partial charge in [-0.2, -0.15) is 0 Å². The number of aromatic amines is 1. The zero-order chi connectivity index (χ0) is 19.4. The van der Waals surface area contributed by atoms with E-state index >= 15 is 0 Å². The Morgan fingerprint density at radius 2 is 1.70 bits per heavy atom. The van der Waals surface area contributed by atoms with Crippen LogP contribution in [-0.4, -0.2) is 25.7 Å². The summed E-state index contributed by atoms with van der Waals surface area (Å²) in [5.41, 5.74) is 5.05. The lowest BCUT2D eigenvalue weighted by Gasteiger charge is -2.11. The van der Waals surface area contributed by atoms with Gasteiger partial charge < -0.3 is 19.8 Å². The molecule has 0 atom stereocenters. The Labute approximate surface area is 159 Å². The summed E-state index contributed by atoms with van der Waals surface area (Å²) < 4.78 is 10.6. The van der Waals surface area contributed by atoms with Crippen LogP contribution in [0.25, 0.3) is 10.9 Å². The topological polar surface area (TPSA) is 63.3 Å². The van der Waals surface area contributed by atoms with Crippen molar-refractivity contribution >= 4 is 10.9 Å². The zero-order valence-corrected chi connectivity index (χ0v) is 16.3. The Kier molecular flexibility index (Phi) is 5.81. The highest BCUT2D eigenvalue weighted by Crippen LogP contribution is 2.27. The molecule has 5 nitrogen and oxygen atoms in total. The minimum absolute atomic E-state index is 0.0326. The van der Waals surface area contributed by atoms with E-state index in [4.69, 9.17) is 9.47 Å². The van der Waals surface area contributed by atoms with E-state index < -0.39 is 0 Å². The fraction of sp³-hybridized carbons (Fsp3) is 0.318. The van der Waals surface area contributed by atoms with Gasteiger partial charge in [0, 0.05) is 17.5 Å². The minimum Gasteiger partial charge on any atom is -0.493 e. The van der Waals surface area contributed by atoms with Crippen molar-refractivity contribution in [1.29, 1.82) is 0 Å². The van der Waals surface area contributed by atoms with Crippen molar-refractivity contribution in [2.24, 2.45) is 0 Å². The van der Waals surface area contributed by atoms with Gasteiger partial charge in [0.15, 0.2) is 11.5 Å². The molecule has 0 saturated heterocycles. The molecule has 3 aromatic rings. The highest BCUT2D eigenvalue weighted by Gasteiger charge is 2.07. The first-order valence-electron chi connectivity index (χ1n) is 9.07. The number of benzene rings is 2. The maximum absolute atomic E-state index is 12.4. The normalized spacial score (nSPS) is 11.0. The molecule has 1 heterocycles. The molecule has 27 heavy (non-hydrogen) atoms. The van der Waals surface area contributed by atoms with Gasteiger partial charge in [0.25, 0.3) is 5.56 Å². The number of aromatic nitrogens is 1. The van der Waals surface area contributed by atoms with E-state index in [1.54, 1.807) is 14.2 Å². The SMILES string of the molecule is COc1ccc(CCNCc2cc3c(C)ccc(C)c3[nH]c2=O)cc1OC. The number of H-pyrrole nitrogens is 1. The van der Waals surface area contributed by atoms with Crippen LogP contribution < -0.4 is 20.3 Å². The maximum Gasteiger partial charge on any atom is 0.252 e. The molecule has 5 heteroatoms. The number of rotatable bonds is 7. The summed E-state index contributed by atoms with van der Waals surface area (Å²) in [6, 6.07) is 12.0. The highest BCUT2D eigenvalue weighted by atomic mass is 16.5. The van der Waals surface area contributed by atoms with E-state index in [9.17, 15) is 4.79 Å². The second-order valence-electron chi connectivity index (χ2n) is 6.73. The monoisotopic (exact) mass is 366 g/mol. The molecule has 2 aromatic carbocycles. The summed E-state index contributed by atoms with van der Waals surface area (Å²) in [7, 11) is 3.26. The summed E-state index contributed by atoms with van der Waals surface area (Å²) in [5.74, 6) is 1.45. The third-order valence-electron chi connectivity index (χ3n) is 4.87. The minimum atomic E-state index is -0.0326. The van der Waals surface area contributed by atoms with Gasteiger partial charge in [-0.25, -0.2) is 0 Å². The average Bonchev–Trinajstić information content (AvgIpc) is 2.68. The van der Waals surface area contributed by atoms with Crippen LogP contribution in [0, 0.1) is 13.8 Å². The second kappa shape index (κ2) is 8.27. The lowest BCUT2D eigenvalue weighted by atomic mass is 10.0. The van der Waals surface area contributed by atoms with E-state index in [1.165, 1.54) is 5.56 Å². The van der Waals surface area contributed by atoms with Crippen molar-refractivity contribution in [3.63, 3.8) is 0 Å². The Bertz CT molecular complexity index is 1010. The largest absolute Gasteiger partial charge is 0.493 e. The number of nitrogens with one attached hydrogen (secondary N) is 2. The number of fused-ring (bicyclic) bond motifs is 1. The van der Waals surface area contributed by atoms with Crippen molar-refractivity contribution in [3.8, 4) is 11.5 Å². The average molecular weight is 366 g/mol. The van der Waals surface area contributed by atoms with Gasteiger partial charge in [-0.15, -0.1) is 0 Å². The van der Waals surface area contributed by atoms with E-state index in [0.29, 0.717) is 6.54 Å². The van der Waals surface area contributed by atoms with Crippen molar-refractivity contribution in [2.45, 2.75) is 26.8 Å². The molecule has 0 spiro atoms. The first-order chi connectivity index (χ1) is 13.0. The number of pyridine rings is 1. The molecule has 0 amide bonds. The molecule has 142 valence electrons. The van der Waals surface area contributed by atoms with Crippen LogP contribution in [-0.2, 0) is 13.0 Å². The lowest BCUT2D eigenvalue weighted by Crippen LogP contribution is -2.23. The second-order valence-corrected chi connectivity index (χ2v) is 6.73. The third kappa shape index (κ3) is 4.14. The van der Waals surface area contributed by atoms with Crippen LogP contribution in [0.5, 0.6) is 11.5 Å². The number of hydrogen-bond acceptors (Lipinski definition) is 4. The van der Waals surface area contributed by atoms with Gasteiger partial charge in [0.1, 0.15) is 0 Å². The number of aryl methyl sites for hydroxylation is 2. The van der Waals surface area contributed by atoms with Gasteiger partial charge in [-0.3, -0.25) is 4.79 Å². The van der Waals surface area contributed by atoms with Crippen molar-refractivity contribution in [1.82, 2.24) is 10.3 Å². The molecule has 1 aromatic heterocycles. The fourth-order valence-electron chi connectivity index (χ4n) is 3.24. The van der Waals surface area contributed by atoms with Crippen molar-refractivity contribution in [2.75, 3.05) is 20.8 Å². The Morgan fingerprint density at radius 3 is 2.44 bits per heavy atom. The number of ether oxygens (including phenoxy) is 2. The molecule has 2 N–H and O–H groups in total. The molecular weight excluding hydrogens is 340 g/mol. The molecular formula is C22H26N2O3. The molecule has 3 rings (SSSR count). The van der Waals surface area contributed by atoms with Gasteiger partial charge in [-0.1, -0.05) is 18.2 Å². The maximum atomic E-state index is 12.4. The predicted molar refractivity (Wildman–Crippen MR) is 109 cm³/mol. The van der Waals surface area contributed by atoms with Crippen LogP contribution in [0.15, 0.2) is 41.2 Å². The third-order valence-corrected chi connectivity index (χ3v) is 4.87. The zero-order valence-electron chi connectivity index (χ0n) is 16.3. The molecule has 0 saturated carbocycles. The summed E-state index contributed by atoms with van der Waals surface area (Å²) >= 11 is 0. The summed E-state index contributed by atoms with van der Waals surface area (Å²) in [6.07, 6.45) is 0.837. The predicted octanol–water partition coefficient (Wildman–Crippen LogP) is 3.49. The fourth-order valence-corrected chi connectivity index (χ4v) is 3.24. The standard InChI is InChI=1S/C22H26N2O3/c1-14-5-6-15(2)21-18(14)12-17(22(25)24-21)13-23-10-9-16-7-8-19(26-3)20(11-16)27-4/h5-8,11-12,23H,9-10,13H2,1-4H3,(H,24,25). The van der Waals surface area contributed by atoms with E-state index in [2.05, 4.69) is 23.3 Å². The Balaban J connectivity index is 1.66. The van der Waals surface area contributed by atoms with Crippen molar-refractivity contribution in [3.05, 3.63) is 69.0 Å². The van der Waals surface area contributed by atoms with Crippen LogP contribution >= 0.6 is 0 Å². The Morgan fingerprint density at radius 1 is 0.963 bits per heavy atom. The summed E-state index contributed by atoms with van der Waals surface area (Å²) in [5, 5.41) is 4.47. The van der Waals surface area contributed by atoms with E-state index in [1.807, 2.05) is 37.3 Å². The van der Waals surface area contributed by atoms with Crippen LogP contribution in [0.2, 0.25) is 0 Å². The molecule has 0 unspecified atom stereocenters. The van der Waals surface area contributed by atoms with Crippen molar-refractivity contribution < 1.29 is 9.47 Å². The molecule has 0 aliphatic heterocycles. The first kappa shape index (κ1) is 19.0. The molecule has 0 aliphatic rings. The molecule has 0 radical (unpaired) electrons. The smallest absolute Gasteiger partial charge is 0.252 e. The van der Waals surface area contributed by atoms with Gasteiger partial charge in [0.2, 0.25) is 0 Å². The van der Waals surface area contributed by atoms with Crippen LogP contribution in [0.4, 0.5) is 0 Å². The van der Waals surface area contributed by atoms with Gasteiger partial charge >= 0.3 is 0 Å². The van der Waals surface area contributed by atoms with E-state index in [-0.39, 0.29) is 5.56 Å².